The van der Waals surface area contributed by atoms with Gasteiger partial charge in [-0.15, -0.1) is 0 Å². The van der Waals surface area contributed by atoms with Gasteiger partial charge in [0.2, 0.25) is 0 Å². The van der Waals surface area contributed by atoms with Gasteiger partial charge in [-0.05, 0) is 50.8 Å². The molecule has 0 unspecified atom stereocenters. The number of rotatable bonds is 8. The van der Waals surface area contributed by atoms with Gasteiger partial charge in [-0.3, -0.25) is 0 Å². The van der Waals surface area contributed by atoms with Gasteiger partial charge in [0, 0.05) is 6.54 Å². The highest BCUT2D eigenvalue weighted by atomic mass is 35.5. The molecule has 1 aromatic rings. The Kier molecular flexibility index (Phi) is 7.53. The molecule has 0 radical (unpaired) electrons. The summed E-state index contributed by atoms with van der Waals surface area (Å²) in [6.45, 7) is 1.55. The van der Waals surface area contributed by atoms with E-state index in [-0.39, 0.29) is 6.61 Å². The van der Waals surface area contributed by atoms with Gasteiger partial charge >= 0.3 is 0 Å². The van der Waals surface area contributed by atoms with Crippen LogP contribution >= 0.6 is 23.2 Å². The normalized spacial score (nSPS) is 16.2. The summed E-state index contributed by atoms with van der Waals surface area (Å²) in [5.74, 6) is 0.428. The van der Waals surface area contributed by atoms with E-state index in [0.717, 1.165) is 13.0 Å². The van der Waals surface area contributed by atoms with Crippen molar-refractivity contribution < 1.29 is 9.84 Å². The monoisotopic (exact) mass is 343 g/mol. The van der Waals surface area contributed by atoms with E-state index in [0.29, 0.717) is 22.3 Å². The molecule has 0 bridgehead atoms. The molecular formula is C17H23Cl2NO2. The lowest BCUT2D eigenvalue weighted by Gasteiger charge is -2.16. The van der Waals surface area contributed by atoms with Crippen molar-refractivity contribution in [2.24, 2.45) is 0 Å². The van der Waals surface area contributed by atoms with Crippen LogP contribution in [0.3, 0.4) is 0 Å². The third-order valence-electron chi connectivity index (χ3n) is 3.73. The maximum absolute atomic E-state index is 9.94. The first-order valence-electron chi connectivity index (χ1n) is 7.80. The Bertz CT molecular complexity index is 485. The number of hydrogen-bond acceptors (Lipinski definition) is 3. The molecule has 0 saturated carbocycles. The molecule has 122 valence electrons. The zero-order valence-electron chi connectivity index (χ0n) is 12.7. The quantitative estimate of drug-likeness (QED) is 0.548. The van der Waals surface area contributed by atoms with Gasteiger partial charge in [0.25, 0.3) is 0 Å². The van der Waals surface area contributed by atoms with Crippen LogP contribution in [0.2, 0.25) is 10.0 Å². The van der Waals surface area contributed by atoms with Crippen LogP contribution in [0, 0.1) is 0 Å². The minimum atomic E-state index is -0.590. The second-order valence-corrected chi connectivity index (χ2v) is 6.39. The summed E-state index contributed by atoms with van der Waals surface area (Å²) < 4.78 is 5.51. The van der Waals surface area contributed by atoms with E-state index in [9.17, 15) is 5.11 Å². The summed E-state index contributed by atoms with van der Waals surface area (Å²) >= 11 is 12.0. The number of allylic oxidation sites excluding steroid dienone is 1. The van der Waals surface area contributed by atoms with Crippen LogP contribution in [-0.4, -0.2) is 30.9 Å². The van der Waals surface area contributed by atoms with Gasteiger partial charge in [-0.1, -0.05) is 40.9 Å². The van der Waals surface area contributed by atoms with E-state index >= 15 is 0 Å². The summed E-state index contributed by atoms with van der Waals surface area (Å²) in [6.07, 6.45) is 7.88. The number of para-hydroxylation sites is 1. The predicted molar refractivity (Wildman–Crippen MR) is 92.0 cm³/mol. The Morgan fingerprint density at radius 3 is 2.68 bits per heavy atom. The van der Waals surface area contributed by atoms with Crippen molar-refractivity contribution in [1.82, 2.24) is 5.32 Å². The first kappa shape index (κ1) is 17.6. The van der Waals surface area contributed by atoms with Crippen LogP contribution in [0.1, 0.15) is 32.1 Å². The third-order valence-corrected chi connectivity index (χ3v) is 4.32. The highest BCUT2D eigenvalue weighted by molar-refractivity contribution is 6.37. The molecule has 1 aliphatic carbocycles. The van der Waals surface area contributed by atoms with Gasteiger partial charge in [-0.2, -0.15) is 0 Å². The number of halogens is 2. The summed E-state index contributed by atoms with van der Waals surface area (Å²) in [6, 6.07) is 5.19. The van der Waals surface area contributed by atoms with Crippen LogP contribution in [0.4, 0.5) is 0 Å². The molecule has 1 aromatic carbocycles. The van der Waals surface area contributed by atoms with E-state index in [2.05, 4.69) is 11.4 Å². The molecule has 1 aliphatic rings. The second kappa shape index (κ2) is 9.41. The average Bonchev–Trinajstić information content (AvgIpc) is 2.52. The molecule has 3 nitrogen and oxygen atoms in total. The van der Waals surface area contributed by atoms with Crippen LogP contribution in [0.25, 0.3) is 0 Å². The molecule has 0 amide bonds. The van der Waals surface area contributed by atoms with Crippen molar-refractivity contribution in [2.45, 2.75) is 38.2 Å². The number of ether oxygens (including phenoxy) is 1. The number of hydrogen-bond donors (Lipinski definition) is 2. The van der Waals surface area contributed by atoms with Gasteiger partial charge < -0.3 is 15.2 Å². The van der Waals surface area contributed by atoms with Gasteiger partial charge in [0.1, 0.15) is 12.7 Å². The van der Waals surface area contributed by atoms with Crippen LogP contribution < -0.4 is 10.1 Å². The SMILES string of the molecule is O[C@@H](CNCCC1=CCCCC1)COc1c(Cl)cccc1Cl. The fourth-order valence-corrected chi connectivity index (χ4v) is 3.01. The largest absolute Gasteiger partial charge is 0.488 e. The minimum absolute atomic E-state index is 0.166. The average molecular weight is 344 g/mol. The molecule has 0 fully saturated rings. The summed E-state index contributed by atoms with van der Waals surface area (Å²) in [7, 11) is 0. The lowest BCUT2D eigenvalue weighted by molar-refractivity contribution is 0.107. The molecule has 0 heterocycles. The maximum Gasteiger partial charge on any atom is 0.156 e. The fourth-order valence-electron chi connectivity index (χ4n) is 2.51. The molecule has 1 atom stereocenters. The molecule has 2 rings (SSSR count). The lowest BCUT2D eigenvalue weighted by atomic mass is 9.97. The van der Waals surface area contributed by atoms with Crippen LogP contribution in [0.15, 0.2) is 29.8 Å². The number of nitrogens with one attached hydrogen (secondary N) is 1. The first-order valence-corrected chi connectivity index (χ1v) is 8.56. The summed E-state index contributed by atoms with van der Waals surface area (Å²) in [5, 5.41) is 14.1. The smallest absolute Gasteiger partial charge is 0.156 e. The number of aliphatic hydroxyl groups is 1. The van der Waals surface area contributed by atoms with E-state index < -0.39 is 6.10 Å². The Labute approximate surface area is 142 Å². The highest BCUT2D eigenvalue weighted by Crippen LogP contribution is 2.32. The van der Waals surface area contributed by atoms with Crippen molar-refractivity contribution in [3.05, 3.63) is 39.9 Å². The summed E-state index contributed by atoms with van der Waals surface area (Å²) in [4.78, 5) is 0. The predicted octanol–water partition coefficient (Wildman–Crippen LogP) is 4.21. The maximum atomic E-state index is 9.94. The Morgan fingerprint density at radius 2 is 2.00 bits per heavy atom. The van der Waals surface area contributed by atoms with Crippen molar-refractivity contribution in [2.75, 3.05) is 19.7 Å². The van der Waals surface area contributed by atoms with Crippen molar-refractivity contribution in [3.8, 4) is 5.75 Å². The first-order chi connectivity index (χ1) is 10.7. The van der Waals surface area contributed by atoms with E-state index in [1.807, 2.05) is 0 Å². The zero-order valence-corrected chi connectivity index (χ0v) is 14.2. The fraction of sp³-hybridized carbons (Fsp3) is 0.529. The molecule has 0 aromatic heterocycles. The Hall–Kier alpha value is -0.740. The molecule has 2 N–H and O–H groups in total. The van der Waals surface area contributed by atoms with Crippen LogP contribution in [0.5, 0.6) is 5.75 Å². The number of aliphatic hydroxyl groups excluding tert-OH is 1. The van der Waals surface area contributed by atoms with E-state index in [1.165, 1.54) is 31.3 Å². The molecular weight excluding hydrogens is 321 g/mol. The van der Waals surface area contributed by atoms with Gasteiger partial charge in [0.15, 0.2) is 5.75 Å². The van der Waals surface area contributed by atoms with Crippen molar-refractivity contribution in [3.63, 3.8) is 0 Å². The second-order valence-electron chi connectivity index (χ2n) is 5.58. The molecule has 22 heavy (non-hydrogen) atoms. The lowest BCUT2D eigenvalue weighted by Crippen LogP contribution is -2.32. The van der Waals surface area contributed by atoms with Crippen LogP contribution in [-0.2, 0) is 0 Å². The van der Waals surface area contributed by atoms with Crippen molar-refractivity contribution >= 4 is 23.2 Å². The Balaban J connectivity index is 1.63. The number of benzene rings is 1. The van der Waals surface area contributed by atoms with E-state index in [1.54, 1.807) is 18.2 Å². The van der Waals surface area contributed by atoms with Crippen molar-refractivity contribution in [1.29, 1.82) is 0 Å². The standard InChI is InChI=1S/C17H23Cl2NO2/c18-15-7-4-8-16(19)17(15)22-12-14(21)11-20-10-9-13-5-2-1-3-6-13/h4-5,7-8,14,20-21H,1-3,6,9-12H2/t14-/m0/s1. The third kappa shape index (κ3) is 5.81. The Morgan fingerprint density at radius 1 is 1.23 bits per heavy atom. The molecule has 0 saturated heterocycles. The highest BCUT2D eigenvalue weighted by Gasteiger charge is 2.10. The molecule has 0 aliphatic heterocycles. The van der Waals surface area contributed by atoms with Gasteiger partial charge in [0.05, 0.1) is 10.0 Å². The minimum Gasteiger partial charge on any atom is -0.488 e. The zero-order chi connectivity index (χ0) is 15.8. The molecule has 0 spiro atoms. The van der Waals surface area contributed by atoms with Gasteiger partial charge in [-0.25, -0.2) is 0 Å². The topological polar surface area (TPSA) is 41.5 Å². The molecule has 5 heteroatoms. The summed E-state index contributed by atoms with van der Waals surface area (Å²) in [5.41, 5.74) is 1.53. The van der Waals surface area contributed by atoms with E-state index in [4.69, 9.17) is 27.9 Å².